The lowest BCUT2D eigenvalue weighted by Crippen LogP contribution is -2.24. The number of carbonyl (C=O) groups excluding carboxylic acids is 2. The van der Waals surface area contributed by atoms with Gasteiger partial charge in [-0.3, -0.25) is 9.59 Å². The van der Waals surface area contributed by atoms with E-state index >= 15 is 0 Å². The maximum absolute atomic E-state index is 12.0. The molecule has 148 valence electrons. The van der Waals surface area contributed by atoms with Gasteiger partial charge in [0.1, 0.15) is 6.42 Å². The Balaban J connectivity index is 1.91. The van der Waals surface area contributed by atoms with Gasteiger partial charge in [0.25, 0.3) is 0 Å². The van der Waals surface area contributed by atoms with Gasteiger partial charge in [0.15, 0.2) is 11.5 Å². The number of anilines is 1. The number of hydrazone groups is 1. The molecule has 0 fully saturated rings. The minimum atomic E-state index is -0.531. The third-order valence-corrected chi connectivity index (χ3v) is 4.69. The lowest BCUT2D eigenvalue weighted by atomic mass is 10.1. The van der Waals surface area contributed by atoms with Crippen LogP contribution in [0.1, 0.15) is 30.0 Å². The third kappa shape index (κ3) is 6.22. The van der Waals surface area contributed by atoms with Crippen LogP contribution in [0.5, 0.6) is 11.5 Å². The molecule has 0 aliphatic heterocycles. The minimum Gasteiger partial charge on any atom is -0.504 e. The van der Waals surface area contributed by atoms with Gasteiger partial charge in [-0.2, -0.15) is 5.10 Å². The normalized spacial score (nSPS) is 10.7. The highest BCUT2D eigenvalue weighted by Gasteiger charge is 2.10. The van der Waals surface area contributed by atoms with Crippen LogP contribution < -0.4 is 15.5 Å². The molecule has 0 aliphatic carbocycles. The lowest BCUT2D eigenvalue weighted by Gasteiger charge is -2.08. The second kappa shape index (κ2) is 10.1. The quantitative estimate of drug-likeness (QED) is 0.237. The zero-order valence-corrected chi connectivity index (χ0v) is 18.0. The summed E-state index contributed by atoms with van der Waals surface area (Å²) in [4.78, 5) is 23.9. The maximum Gasteiger partial charge on any atom is 0.249 e. The van der Waals surface area contributed by atoms with Gasteiger partial charge in [-0.25, -0.2) is 5.43 Å². The Kier molecular flexibility index (Phi) is 7.80. The molecule has 0 bridgehead atoms. The summed E-state index contributed by atoms with van der Waals surface area (Å²) < 4.78 is 5.95. The predicted octanol–water partition coefficient (Wildman–Crippen LogP) is 3.49. The standard InChI is InChI=1S/C20H22IN3O4/c1-4-28-17-9-14(8-16(21)20(17)27)11-22-24-19(26)10-18(25)23-15-6-5-12(2)13(3)7-15/h5-9,11,27H,4,10H2,1-3H3,(H,23,25)(H,24,26). The van der Waals surface area contributed by atoms with Crippen LogP contribution in [0.4, 0.5) is 5.69 Å². The SMILES string of the molecule is CCOc1cc(C=NNC(=O)CC(=O)Nc2ccc(C)c(C)c2)cc(I)c1O. The van der Waals surface area contributed by atoms with Gasteiger partial charge in [-0.1, -0.05) is 6.07 Å². The molecule has 2 amide bonds. The van der Waals surface area contributed by atoms with Crippen LogP contribution in [0.2, 0.25) is 0 Å². The van der Waals surface area contributed by atoms with E-state index in [0.29, 0.717) is 27.2 Å². The Morgan fingerprint density at radius 3 is 2.61 bits per heavy atom. The summed E-state index contributed by atoms with van der Waals surface area (Å²) in [5, 5.41) is 16.5. The number of hydrogen-bond donors (Lipinski definition) is 3. The molecule has 0 unspecified atom stereocenters. The Morgan fingerprint density at radius 1 is 1.18 bits per heavy atom. The number of amides is 2. The number of benzene rings is 2. The average molecular weight is 495 g/mol. The molecule has 0 heterocycles. The molecule has 0 spiro atoms. The molecule has 0 aliphatic rings. The van der Waals surface area contributed by atoms with Crippen molar-refractivity contribution in [2.75, 3.05) is 11.9 Å². The van der Waals surface area contributed by atoms with Crippen molar-refractivity contribution in [3.63, 3.8) is 0 Å². The number of rotatable bonds is 7. The number of phenols is 1. The van der Waals surface area contributed by atoms with Crippen molar-refractivity contribution in [1.29, 1.82) is 0 Å². The highest BCUT2D eigenvalue weighted by molar-refractivity contribution is 14.1. The summed E-state index contributed by atoms with van der Waals surface area (Å²) in [6.07, 6.45) is 1.07. The van der Waals surface area contributed by atoms with Crippen molar-refractivity contribution in [3.05, 3.63) is 50.6 Å². The van der Waals surface area contributed by atoms with Gasteiger partial charge in [-0.05, 0) is 84.3 Å². The number of ether oxygens (including phenoxy) is 1. The van der Waals surface area contributed by atoms with E-state index in [0.717, 1.165) is 11.1 Å². The van der Waals surface area contributed by atoms with Crippen LogP contribution in [-0.2, 0) is 9.59 Å². The molecular weight excluding hydrogens is 473 g/mol. The first kappa shape index (κ1) is 21.7. The zero-order valence-electron chi connectivity index (χ0n) is 15.9. The lowest BCUT2D eigenvalue weighted by molar-refractivity contribution is -0.126. The number of carbonyl (C=O) groups is 2. The van der Waals surface area contributed by atoms with Gasteiger partial charge in [0.2, 0.25) is 11.8 Å². The van der Waals surface area contributed by atoms with E-state index < -0.39 is 11.8 Å². The van der Waals surface area contributed by atoms with Crippen molar-refractivity contribution in [3.8, 4) is 11.5 Å². The predicted molar refractivity (Wildman–Crippen MR) is 117 cm³/mol. The Labute approximate surface area is 177 Å². The molecule has 2 aromatic carbocycles. The van der Waals surface area contributed by atoms with Crippen LogP contribution in [0.25, 0.3) is 0 Å². The van der Waals surface area contributed by atoms with E-state index in [1.807, 2.05) is 55.5 Å². The largest absolute Gasteiger partial charge is 0.504 e. The summed E-state index contributed by atoms with van der Waals surface area (Å²) in [5.41, 5.74) is 5.79. The number of phenolic OH excluding ortho intramolecular Hbond substituents is 1. The number of nitrogens with one attached hydrogen (secondary N) is 2. The molecule has 0 aromatic heterocycles. The maximum atomic E-state index is 12.0. The molecule has 2 aromatic rings. The summed E-state index contributed by atoms with van der Waals surface area (Å²) in [5.74, 6) is -0.550. The topological polar surface area (TPSA) is 100 Å². The number of halogens is 1. The molecule has 0 saturated carbocycles. The summed E-state index contributed by atoms with van der Waals surface area (Å²) >= 11 is 1.98. The summed E-state index contributed by atoms with van der Waals surface area (Å²) in [6, 6.07) is 8.86. The minimum absolute atomic E-state index is 0.0617. The van der Waals surface area contributed by atoms with Gasteiger partial charge in [0.05, 0.1) is 16.4 Å². The van der Waals surface area contributed by atoms with E-state index in [1.54, 1.807) is 18.2 Å². The number of aryl methyl sites for hydroxylation is 2. The number of aromatic hydroxyl groups is 1. The van der Waals surface area contributed by atoms with E-state index in [1.165, 1.54) is 6.21 Å². The fourth-order valence-corrected chi connectivity index (χ4v) is 2.95. The second-order valence-electron chi connectivity index (χ2n) is 6.10. The van der Waals surface area contributed by atoms with E-state index in [2.05, 4.69) is 15.8 Å². The van der Waals surface area contributed by atoms with Crippen molar-refractivity contribution in [2.45, 2.75) is 27.2 Å². The molecule has 3 N–H and O–H groups in total. The fraction of sp³-hybridized carbons (Fsp3) is 0.250. The van der Waals surface area contributed by atoms with Crippen LogP contribution in [-0.4, -0.2) is 29.7 Å². The van der Waals surface area contributed by atoms with E-state index in [9.17, 15) is 14.7 Å². The van der Waals surface area contributed by atoms with Crippen molar-refractivity contribution in [1.82, 2.24) is 5.43 Å². The molecule has 0 atom stereocenters. The molecule has 0 saturated heterocycles. The van der Waals surface area contributed by atoms with Crippen molar-refractivity contribution >= 4 is 46.3 Å². The molecule has 0 radical (unpaired) electrons. The van der Waals surface area contributed by atoms with Crippen LogP contribution in [0.3, 0.4) is 0 Å². The first-order valence-electron chi connectivity index (χ1n) is 8.64. The number of hydrogen-bond acceptors (Lipinski definition) is 5. The summed E-state index contributed by atoms with van der Waals surface area (Å²) in [6.45, 7) is 6.17. The van der Waals surface area contributed by atoms with Gasteiger partial charge in [0, 0.05) is 5.69 Å². The smallest absolute Gasteiger partial charge is 0.249 e. The third-order valence-electron chi connectivity index (χ3n) is 3.87. The zero-order chi connectivity index (χ0) is 20.7. The first-order chi connectivity index (χ1) is 13.3. The van der Waals surface area contributed by atoms with Crippen LogP contribution in [0.15, 0.2) is 35.4 Å². The van der Waals surface area contributed by atoms with E-state index in [4.69, 9.17) is 4.74 Å². The fourth-order valence-electron chi connectivity index (χ4n) is 2.32. The Hall–Kier alpha value is -2.62. The Morgan fingerprint density at radius 2 is 1.93 bits per heavy atom. The van der Waals surface area contributed by atoms with Gasteiger partial charge < -0.3 is 15.2 Å². The van der Waals surface area contributed by atoms with Gasteiger partial charge >= 0.3 is 0 Å². The van der Waals surface area contributed by atoms with E-state index in [-0.39, 0.29) is 12.2 Å². The molecule has 28 heavy (non-hydrogen) atoms. The first-order valence-corrected chi connectivity index (χ1v) is 9.72. The Bertz CT molecular complexity index is 913. The van der Waals surface area contributed by atoms with Crippen LogP contribution >= 0.6 is 22.6 Å². The van der Waals surface area contributed by atoms with Crippen molar-refractivity contribution < 1.29 is 19.4 Å². The highest BCUT2D eigenvalue weighted by Crippen LogP contribution is 2.32. The molecular formula is C20H22IN3O4. The monoisotopic (exact) mass is 495 g/mol. The number of nitrogens with zero attached hydrogens (tertiary/aromatic N) is 1. The average Bonchev–Trinajstić information content (AvgIpc) is 2.62. The van der Waals surface area contributed by atoms with Crippen molar-refractivity contribution in [2.24, 2.45) is 5.10 Å². The van der Waals surface area contributed by atoms with Gasteiger partial charge in [-0.15, -0.1) is 0 Å². The second-order valence-corrected chi connectivity index (χ2v) is 7.26. The summed E-state index contributed by atoms with van der Waals surface area (Å²) in [7, 11) is 0. The van der Waals surface area contributed by atoms with Crippen LogP contribution in [0, 0.1) is 17.4 Å². The molecule has 7 nitrogen and oxygen atoms in total. The molecule has 2 rings (SSSR count). The highest BCUT2D eigenvalue weighted by atomic mass is 127. The molecule has 8 heteroatoms.